The molecule has 0 bridgehead atoms. The molecule has 102 valence electrons. The Balaban J connectivity index is 1.73. The monoisotopic (exact) mass is 281 g/mol. The number of rotatable bonds is 4. The van der Waals surface area contributed by atoms with Gasteiger partial charge in [0.2, 0.25) is 0 Å². The fraction of sp³-hybridized carbons (Fsp3) is 0.222. The van der Waals surface area contributed by atoms with Crippen molar-refractivity contribution in [1.29, 1.82) is 0 Å². The molecule has 0 spiro atoms. The van der Waals surface area contributed by atoms with E-state index < -0.39 is 0 Å². The van der Waals surface area contributed by atoms with E-state index in [2.05, 4.69) is 73.8 Å². The Morgan fingerprint density at radius 2 is 1.80 bits per heavy atom. The minimum atomic E-state index is 0.363. The van der Waals surface area contributed by atoms with Crippen LogP contribution in [-0.4, -0.2) is 0 Å². The van der Waals surface area contributed by atoms with Crippen LogP contribution in [0.2, 0.25) is 0 Å². The number of fused-ring (bicyclic) bond motifs is 1. The van der Waals surface area contributed by atoms with Gasteiger partial charge in [-0.25, -0.2) is 0 Å². The number of thiophene rings is 1. The molecule has 1 heterocycles. The van der Waals surface area contributed by atoms with Crippen LogP contribution in [0.1, 0.15) is 28.3 Å². The molecule has 0 amide bonds. The quantitative estimate of drug-likeness (QED) is 0.704. The smallest absolute Gasteiger partial charge is 0.0305 e. The highest BCUT2D eigenvalue weighted by atomic mass is 32.1. The second-order valence-electron chi connectivity index (χ2n) is 5.22. The first-order chi connectivity index (χ1) is 9.72. The fourth-order valence-corrected chi connectivity index (χ4v) is 3.27. The number of aryl methyl sites for hydroxylation is 1. The predicted octanol–water partition coefficient (Wildman–Crippen LogP) is 5.06. The highest BCUT2D eigenvalue weighted by molar-refractivity contribution is 7.11. The minimum absolute atomic E-state index is 0.363. The maximum absolute atomic E-state index is 3.60. The summed E-state index contributed by atoms with van der Waals surface area (Å²) in [5, 5.41) is 6.22. The van der Waals surface area contributed by atoms with Crippen LogP contribution < -0.4 is 5.32 Å². The highest BCUT2D eigenvalue weighted by Gasteiger charge is 2.06. The fourth-order valence-electron chi connectivity index (χ4n) is 2.43. The molecule has 0 aliphatic heterocycles. The van der Waals surface area contributed by atoms with Crippen molar-refractivity contribution in [2.24, 2.45) is 0 Å². The van der Waals surface area contributed by atoms with E-state index in [1.165, 1.54) is 26.1 Å². The predicted molar refractivity (Wildman–Crippen MR) is 88.3 cm³/mol. The molecular formula is C18H19NS. The summed E-state index contributed by atoms with van der Waals surface area (Å²) in [5.74, 6) is 0. The summed E-state index contributed by atoms with van der Waals surface area (Å²) in [6.45, 7) is 5.32. The average molecular weight is 281 g/mol. The van der Waals surface area contributed by atoms with Crippen molar-refractivity contribution >= 4 is 22.1 Å². The van der Waals surface area contributed by atoms with E-state index in [9.17, 15) is 0 Å². The first kappa shape index (κ1) is 13.3. The maximum atomic E-state index is 3.60. The Hall–Kier alpha value is -1.64. The Labute approximate surface area is 124 Å². The first-order valence-corrected chi connectivity index (χ1v) is 7.81. The molecule has 0 aliphatic rings. The number of hydrogen-bond acceptors (Lipinski definition) is 2. The van der Waals surface area contributed by atoms with Gasteiger partial charge in [0.1, 0.15) is 0 Å². The molecule has 0 aliphatic carbocycles. The van der Waals surface area contributed by atoms with Gasteiger partial charge >= 0.3 is 0 Å². The molecule has 3 rings (SSSR count). The third kappa shape index (κ3) is 2.92. The summed E-state index contributed by atoms with van der Waals surface area (Å²) in [5.41, 5.74) is 1.34. The van der Waals surface area contributed by atoms with Gasteiger partial charge in [0, 0.05) is 22.3 Å². The molecule has 1 nitrogen and oxygen atoms in total. The molecule has 0 fully saturated rings. The Bertz CT molecular complexity index is 714. The van der Waals surface area contributed by atoms with E-state index in [1.807, 2.05) is 11.3 Å². The van der Waals surface area contributed by atoms with Gasteiger partial charge in [0.15, 0.2) is 0 Å². The summed E-state index contributed by atoms with van der Waals surface area (Å²) in [6, 6.07) is 20.0. The first-order valence-electron chi connectivity index (χ1n) is 7.00. The molecule has 0 radical (unpaired) electrons. The highest BCUT2D eigenvalue weighted by Crippen LogP contribution is 2.21. The zero-order valence-electron chi connectivity index (χ0n) is 11.9. The summed E-state index contributed by atoms with van der Waals surface area (Å²) >= 11 is 1.86. The van der Waals surface area contributed by atoms with Crippen LogP contribution in [0, 0.1) is 6.92 Å². The second-order valence-corrected chi connectivity index (χ2v) is 6.59. The summed E-state index contributed by atoms with van der Waals surface area (Å²) in [4.78, 5) is 2.77. The summed E-state index contributed by atoms with van der Waals surface area (Å²) in [6.07, 6.45) is 0. The standard InChI is InChI=1S/C18H19NS/c1-13-7-10-18(20-13)12-19-14(2)16-9-8-15-5-3-4-6-17(15)11-16/h3-11,14,19H,12H2,1-2H3/t14-/m0/s1. The lowest BCUT2D eigenvalue weighted by Crippen LogP contribution is -2.17. The lowest BCUT2D eigenvalue weighted by Gasteiger charge is -2.14. The molecular weight excluding hydrogens is 262 g/mol. The molecule has 0 unspecified atom stereocenters. The van der Waals surface area contributed by atoms with Crippen LogP contribution in [0.4, 0.5) is 0 Å². The van der Waals surface area contributed by atoms with Gasteiger partial charge in [0.25, 0.3) is 0 Å². The van der Waals surface area contributed by atoms with Gasteiger partial charge in [-0.1, -0.05) is 36.4 Å². The minimum Gasteiger partial charge on any atom is -0.305 e. The molecule has 1 aromatic heterocycles. The van der Waals surface area contributed by atoms with Crippen molar-refractivity contribution in [2.45, 2.75) is 26.4 Å². The summed E-state index contributed by atoms with van der Waals surface area (Å²) in [7, 11) is 0. The molecule has 1 atom stereocenters. The molecule has 2 heteroatoms. The Morgan fingerprint density at radius 3 is 2.55 bits per heavy atom. The van der Waals surface area contributed by atoms with Gasteiger partial charge < -0.3 is 5.32 Å². The molecule has 1 N–H and O–H groups in total. The van der Waals surface area contributed by atoms with Crippen molar-refractivity contribution in [3.63, 3.8) is 0 Å². The third-order valence-corrected chi connectivity index (χ3v) is 4.65. The number of nitrogens with one attached hydrogen (secondary N) is 1. The maximum Gasteiger partial charge on any atom is 0.0305 e. The zero-order valence-corrected chi connectivity index (χ0v) is 12.7. The summed E-state index contributed by atoms with van der Waals surface area (Å²) < 4.78 is 0. The van der Waals surface area contributed by atoms with E-state index in [4.69, 9.17) is 0 Å². The van der Waals surface area contributed by atoms with E-state index in [0.29, 0.717) is 6.04 Å². The Morgan fingerprint density at radius 1 is 1.00 bits per heavy atom. The van der Waals surface area contributed by atoms with Crippen molar-refractivity contribution in [3.05, 3.63) is 69.9 Å². The second kappa shape index (κ2) is 5.78. The largest absolute Gasteiger partial charge is 0.305 e. The van der Waals surface area contributed by atoms with Gasteiger partial charge in [-0.15, -0.1) is 11.3 Å². The molecule has 0 saturated carbocycles. The van der Waals surface area contributed by atoms with Crippen LogP contribution >= 0.6 is 11.3 Å². The van der Waals surface area contributed by atoms with E-state index in [0.717, 1.165) is 6.54 Å². The Kier molecular flexibility index (Phi) is 3.86. The average Bonchev–Trinajstić information content (AvgIpc) is 2.90. The molecule has 3 aromatic rings. The molecule has 0 saturated heterocycles. The van der Waals surface area contributed by atoms with Gasteiger partial charge in [-0.3, -0.25) is 0 Å². The lowest BCUT2D eigenvalue weighted by atomic mass is 10.0. The van der Waals surface area contributed by atoms with Crippen molar-refractivity contribution in [1.82, 2.24) is 5.32 Å². The number of hydrogen-bond donors (Lipinski definition) is 1. The van der Waals surface area contributed by atoms with Crippen LogP contribution in [0.15, 0.2) is 54.6 Å². The van der Waals surface area contributed by atoms with Gasteiger partial charge in [-0.2, -0.15) is 0 Å². The molecule has 2 aromatic carbocycles. The van der Waals surface area contributed by atoms with E-state index in [-0.39, 0.29) is 0 Å². The zero-order chi connectivity index (χ0) is 13.9. The van der Waals surface area contributed by atoms with Crippen LogP contribution in [0.5, 0.6) is 0 Å². The third-order valence-electron chi connectivity index (χ3n) is 3.65. The normalized spacial score (nSPS) is 12.7. The topological polar surface area (TPSA) is 12.0 Å². The SMILES string of the molecule is Cc1ccc(CN[C@@H](C)c2ccc3ccccc3c2)s1. The van der Waals surface area contributed by atoms with Crippen LogP contribution in [0.25, 0.3) is 10.8 Å². The van der Waals surface area contributed by atoms with Crippen LogP contribution in [-0.2, 0) is 6.54 Å². The van der Waals surface area contributed by atoms with Gasteiger partial charge in [-0.05, 0) is 48.4 Å². The van der Waals surface area contributed by atoms with E-state index in [1.54, 1.807) is 0 Å². The van der Waals surface area contributed by atoms with Crippen molar-refractivity contribution in [3.8, 4) is 0 Å². The van der Waals surface area contributed by atoms with Crippen LogP contribution in [0.3, 0.4) is 0 Å². The van der Waals surface area contributed by atoms with Gasteiger partial charge in [0.05, 0.1) is 0 Å². The van der Waals surface area contributed by atoms with E-state index >= 15 is 0 Å². The van der Waals surface area contributed by atoms with Crippen molar-refractivity contribution in [2.75, 3.05) is 0 Å². The number of benzene rings is 2. The molecule has 20 heavy (non-hydrogen) atoms. The van der Waals surface area contributed by atoms with Crippen molar-refractivity contribution < 1.29 is 0 Å². The lowest BCUT2D eigenvalue weighted by molar-refractivity contribution is 0.579.